The minimum absolute atomic E-state index is 0.155. The third-order valence-corrected chi connectivity index (χ3v) is 7.73. The van der Waals surface area contributed by atoms with Crippen LogP contribution in [0.5, 0.6) is 0 Å². The predicted molar refractivity (Wildman–Crippen MR) is 95.4 cm³/mol. The van der Waals surface area contributed by atoms with E-state index in [0.717, 1.165) is 24.0 Å². The molecule has 2 aromatic carbocycles. The Labute approximate surface area is 148 Å². The summed E-state index contributed by atoms with van der Waals surface area (Å²) < 4.78 is 39.0. The molecule has 5 heteroatoms. The van der Waals surface area contributed by atoms with Gasteiger partial charge in [-0.3, -0.25) is 0 Å². The van der Waals surface area contributed by atoms with E-state index in [1.807, 2.05) is 0 Å². The molecule has 1 fully saturated rings. The largest absolute Gasteiger partial charge is 0.386 e. The zero-order valence-corrected chi connectivity index (χ0v) is 15.3. The van der Waals surface area contributed by atoms with Gasteiger partial charge in [0, 0.05) is 0 Å². The second-order valence-electron chi connectivity index (χ2n) is 7.30. The topological polar surface area (TPSA) is 54.4 Å². The molecule has 0 aromatic heterocycles. The molecule has 2 aromatic rings. The summed E-state index contributed by atoms with van der Waals surface area (Å²) in [7, 11) is -3.65. The Balaban J connectivity index is 2.09. The van der Waals surface area contributed by atoms with E-state index in [1.54, 1.807) is 38.1 Å². The average Bonchev–Trinajstić information content (AvgIpc) is 3.06. The Bertz CT molecular complexity index is 841. The van der Waals surface area contributed by atoms with Crippen molar-refractivity contribution in [1.82, 2.24) is 0 Å². The normalized spacial score (nSPS) is 17.6. The smallest absolute Gasteiger partial charge is 0.188 e. The highest BCUT2D eigenvalue weighted by molar-refractivity contribution is 7.92. The highest BCUT2D eigenvalue weighted by atomic mass is 32.2. The highest BCUT2D eigenvalue weighted by Gasteiger charge is 2.48. The Hall–Kier alpha value is -1.72. The van der Waals surface area contributed by atoms with Crippen LogP contribution in [0.15, 0.2) is 53.4 Å². The van der Waals surface area contributed by atoms with Crippen molar-refractivity contribution < 1.29 is 17.9 Å². The molecule has 0 unspecified atom stereocenters. The van der Waals surface area contributed by atoms with Gasteiger partial charge in [0.1, 0.15) is 10.6 Å². The molecule has 3 rings (SSSR count). The number of benzene rings is 2. The van der Waals surface area contributed by atoms with Crippen LogP contribution in [0.4, 0.5) is 4.39 Å². The van der Waals surface area contributed by atoms with Crippen LogP contribution < -0.4 is 0 Å². The number of hydrogen-bond donors (Lipinski definition) is 1. The van der Waals surface area contributed by atoms with Crippen molar-refractivity contribution in [3.8, 4) is 0 Å². The standard InChI is InChI=1S/C20H23FO3S/c1-19(2,22)15-5-7-16(8-6-15)20(13-3-4-14-20)25(23,24)18-11-9-17(21)10-12-18/h5-12,22H,3-4,13-14H2,1-2H3. The lowest BCUT2D eigenvalue weighted by atomic mass is 9.92. The molecule has 0 heterocycles. The molecule has 0 radical (unpaired) electrons. The zero-order valence-electron chi connectivity index (χ0n) is 14.5. The molecule has 0 spiro atoms. The van der Waals surface area contributed by atoms with Crippen LogP contribution in [0.25, 0.3) is 0 Å². The quantitative estimate of drug-likeness (QED) is 0.825. The fourth-order valence-electron chi connectivity index (χ4n) is 3.68. The van der Waals surface area contributed by atoms with Crippen LogP contribution in [-0.2, 0) is 20.2 Å². The zero-order chi connectivity index (χ0) is 18.3. The SMILES string of the molecule is CC(C)(O)c1ccc(C2(S(=O)(=O)c3ccc(F)cc3)CCCC2)cc1. The van der Waals surface area contributed by atoms with E-state index in [-0.39, 0.29) is 4.90 Å². The lowest BCUT2D eigenvalue weighted by molar-refractivity contribution is 0.0786. The fourth-order valence-corrected chi connectivity index (χ4v) is 5.90. The van der Waals surface area contributed by atoms with Crippen molar-refractivity contribution in [3.05, 3.63) is 65.5 Å². The maximum absolute atomic E-state index is 13.4. The van der Waals surface area contributed by atoms with Crippen LogP contribution in [0.2, 0.25) is 0 Å². The lowest BCUT2D eigenvalue weighted by Crippen LogP contribution is -2.33. The van der Waals surface area contributed by atoms with Gasteiger partial charge in [-0.15, -0.1) is 0 Å². The van der Waals surface area contributed by atoms with Gasteiger partial charge in [-0.1, -0.05) is 37.1 Å². The first-order valence-corrected chi connectivity index (χ1v) is 9.99. The van der Waals surface area contributed by atoms with Crippen molar-refractivity contribution in [2.45, 2.75) is 54.8 Å². The third-order valence-electron chi connectivity index (χ3n) is 5.17. The van der Waals surface area contributed by atoms with E-state index in [0.29, 0.717) is 12.8 Å². The molecule has 1 saturated carbocycles. The van der Waals surface area contributed by atoms with Crippen LogP contribution >= 0.6 is 0 Å². The van der Waals surface area contributed by atoms with E-state index in [1.165, 1.54) is 24.3 Å². The van der Waals surface area contributed by atoms with Gasteiger partial charge < -0.3 is 5.11 Å². The molecule has 134 valence electrons. The number of halogens is 1. The van der Waals surface area contributed by atoms with E-state index in [9.17, 15) is 17.9 Å². The molecule has 1 N–H and O–H groups in total. The minimum atomic E-state index is -3.65. The van der Waals surface area contributed by atoms with Crippen molar-refractivity contribution in [2.75, 3.05) is 0 Å². The molecule has 0 aliphatic heterocycles. The van der Waals surface area contributed by atoms with Gasteiger partial charge in [-0.05, 0) is 62.1 Å². The van der Waals surface area contributed by atoms with E-state index in [4.69, 9.17) is 0 Å². The van der Waals surface area contributed by atoms with Gasteiger partial charge >= 0.3 is 0 Å². The monoisotopic (exact) mass is 362 g/mol. The van der Waals surface area contributed by atoms with E-state index in [2.05, 4.69) is 0 Å². The van der Waals surface area contributed by atoms with Crippen LogP contribution in [0.3, 0.4) is 0 Å². The first-order chi connectivity index (χ1) is 11.7. The van der Waals surface area contributed by atoms with E-state index < -0.39 is 26.0 Å². The summed E-state index contributed by atoms with van der Waals surface area (Å²) in [6.07, 6.45) is 2.78. The second-order valence-corrected chi connectivity index (χ2v) is 9.55. The summed E-state index contributed by atoms with van der Waals surface area (Å²) in [5, 5.41) is 10.1. The van der Waals surface area contributed by atoms with Crippen molar-refractivity contribution >= 4 is 9.84 Å². The molecular formula is C20H23FO3S. The van der Waals surface area contributed by atoms with Crippen LogP contribution in [0, 0.1) is 5.82 Å². The average molecular weight is 362 g/mol. The highest BCUT2D eigenvalue weighted by Crippen LogP contribution is 2.48. The Morgan fingerprint density at radius 3 is 1.96 bits per heavy atom. The van der Waals surface area contributed by atoms with Crippen molar-refractivity contribution in [3.63, 3.8) is 0 Å². The molecule has 0 amide bonds. The summed E-state index contributed by atoms with van der Waals surface area (Å²) in [4.78, 5) is 0.155. The molecule has 1 aliphatic rings. The first kappa shape index (κ1) is 18.1. The summed E-state index contributed by atoms with van der Waals surface area (Å²) in [5.74, 6) is -0.450. The summed E-state index contributed by atoms with van der Waals surface area (Å²) >= 11 is 0. The van der Waals surface area contributed by atoms with Gasteiger partial charge in [-0.2, -0.15) is 0 Å². The summed E-state index contributed by atoms with van der Waals surface area (Å²) in [6.45, 7) is 3.39. The second kappa shape index (κ2) is 6.22. The molecule has 25 heavy (non-hydrogen) atoms. The molecular weight excluding hydrogens is 339 g/mol. The summed E-state index contributed by atoms with van der Waals surface area (Å²) in [5.41, 5.74) is 0.503. The summed E-state index contributed by atoms with van der Waals surface area (Å²) in [6, 6.07) is 12.2. The molecule has 1 aliphatic carbocycles. The first-order valence-electron chi connectivity index (χ1n) is 8.50. The maximum atomic E-state index is 13.4. The van der Waals surface area contributed by atoms with Gasteiger partial charge in [-0.25, -0.2) is 12.8 Å². The van der Waals surface area contributed by atoms with Crippen LogP contribution in [0.1, 0.15) is 50.7 Å². The molecule has 0 atom stereocenters. The van der Waals surface area contributed by atoms with Gasteiger partial charge in [0.05, 0.1) is 10.5 Å². The van der Waals surface area contributed by atoms with Crippen molar-refractivity contribution in [1.29, 1.82) is 0 Å². The van der Waals surface area contributed by atoms with Gasteiger partial charge in [0.2, 0.25) is 0 Å². The molecule has 3 nitrogen and oxygen atoms in total. The maximum Gasteiger partial charge on any atom is 0.188 e. The van der Waals surface area contributed by atoms with Crippen LogP contribution in [-0.4, -0.2) is 13.5 Å². The van der Waals surface area contributed by atoms with Crippen molar-refractivity contribution in [2.24, 2.45) is 0 Å². The minimum Gasteiger partial charge on any atom is -0.386 e. The lowest BCUT2D eigenvalue weighted by Gasteiger charge is -2.30. The van der Waals surface area contributed by atoms with Gasteiger partial charge in [0.25, 0.3) is 0 Å². The van der Waals surface area contributed by atoms with Gasteiger partial charge in [0.15, 0.2) is 9.84 Å². The Kier molecular flexibility index (Phi) is 4.50. The number of sulfone groups is 1. The van der Waals surface area contributed by atoms with E-state index >= 15 is 0 Å². The molecule has 0 bridgehead atoms. The number of aliphatic hydroxyl groups is 1. The predicted octanol–water partition coefficient (Wildman–Crippen LogP) is 4.30. The number of rotatable bonds is 4. The third kappa shape index (κ3) is 3.11. The molecule has 0 saturated heterocycles. The Morgan fingerprint density at radius 1 is 0.960 bits per heavy atom. The number of hydrogen-bond acceptors (Lipinski definition) is 3. The fraction of sp³-hybridized carbons (Fsp3) is 0.400. The Morgan fingerprint density at radius 2 is 1.48 bits per heavy atom.